The minimum Gasteiger partial charge on any atom is -0.421 e. The van der Waals surface area contributed by atoms with Gasteiger partial charge in [-0.25, -0.2) is 4.39 Å². The van der Waals surface area contributed by atoms with Crippen LogP contribution in [0.15, 0.2) is 22.9 Å². The van der Waals surface area contributed by atoms with Gasteiger partial charge in [0.2, 0.25) is 5.89 Å². The highest BCUT2D eigenvalue weighted by atomic mass is 19.1. The third-order valence-corrected chi connectivity index (χ3v) is 1.83. The molecule has 0 aliphatic carbocycles. The Morgan fingerprint density at radius 3 is 3.00 bits per heavy atom. The van der Waals surface area contributed by atoms with Crippen LogP contribution in [0, 0.1) is 5.82 Å². The fourth-order valence-electron chi connectivity index (χ4n) is 1.14. The lowest BCUT2D eigenvalue weighted by Gasteiger charge is -1.94. The Morgan fingerprint density at radius 1 is 1.40 bits per heavy atom. The van der Waals surface area contributed by atoms with Crippen LogP contribution in [0.4, 0.5) is 4.39 Å². The van der Waals surface area contributed by atoms with E-state index in [0.717, 1.165) is 6.20 Å². The zero-order valence-electron chi connectivity index (χ0n) is 7.85. The molecule has 0 saturated heterocycles. The van der Waals surface area contributed by atoms with E-state index < -0.39 is 5.82 Å². The molecular weight excluding hydrogens is 199 g/mol. The van der Waals surface area contributed by atoms with E-state index in [1.807, 2.05) is 0 Å². The van der Waals surface area contributed by atoms with Gasteiger partial charge < -0.3 is 10.2 Å². The van der Waals surface area contributed by atoms with Crippen LogP contribution in [0.5, 0.6) is 0 Å². The van der Waals surface area contributed by atoms with E-state index >= 15 is 0 Å². The van der Waals surface area contributed by atoms with Crippen LogP contribution in [0.3, 0.4) is 0 Å². The lowest BCUT2D eigenvalue weighted by atomic mass is 10.2. The molecule has 0 unspecified atom stereocenters. The van der Waals surface area contributed by atoms with Gasteiger partial charge in [-0.15, -0.1) is 10.2 Å². The highest BCUT2D eigenvalue weighted by molar-refractivity contribution is 5.51. The average molecular weight is 208 g/mol. The van der Waals surface area contributed by atoms with Crippen molar-refractivity contribution in [3.05, 3.63) is 30.2 Å². The van der Waals surface area contributed by atoms with E-state index in [2.05, 4.69) is 15.2 Å². The molecule has 0 fully saturated rings. The highest BCUT2D eigenvalue weighted by Crippen LogP contribution is 2.19. The number of halogens is 1. The van der Waals surface area contributed by atoms with Crippen molar-refractivity contribution in [2.45, 2.75) is 6.42 Å². The van der Waals surface area contributed by atoms with Gasteiger partial charge in [0.1, 0.15) is 0 Å². The van der Waals surface area contributed by atoms with Gasteiger partial charge in [-0.05, 0) is 6.07 Å². The van der Waals surface area contributed by atoms with Gasteiger partial charge in [0.15, 0.2) is 5.82 Å². The molecule has 2 aromatic heterocycles. The first-order valence-corrected chi connectivity index (χ1v) is 4.43. The number of nitrogens with two attached hydrogens (primary N) is 1. The quantitative estimate of drug-likeness (QED) is 0.806. The maximum Gasteiger partial charge on any atom is 0.250 e. The number of hydrogen-bond acceptors (Lipinski definition) is 5. The molecule has 0 atom stereocenters. The Morgan fingerprint density at radius 2 is 2.27 bits per heavy atom. The van der Waals surface area contributed by atoms with Crippen molar-refractivity contribution in [3.63, 3.8) is 0 Å². The molecule has 2 aromatic rings. The van der Waals surface area contributed by atoms with Gasteiger partial charge >= 0.3 is 0 Å². The molecule has 78 valence electrons. The summed E-state index contributed by atoms with van der Waals surface area (Å²) in [5.74, 6) is 0.0718. The first-order valence-electron chi connectivity index (χ1n) is 4.43. The van der Waals surface area contributed by atoms with Gasteiger partial charge in [-0.1, -0.05) is 0 Å². The van der Waals surface area contributed by atoms with E-state index in [-0.39, 0.29) is 11.5 Å². The SMILES string of the molecule is NCCc1nnc(-c2ccncc2F)o1. The number of hydrogen-bond donors (Lipinski definition) is 1. The standard InChI is InChI=1S/C9H9FN4O/c10-7-5-12-4-2-6(7)9-14-13-8(15-9)1-3-11/h2,4-5H,1,3,11H2. The van der Waals surface area contributed by atoms with Gasteiger partial charge in [0.05, 0.1) is 11.8 Å². The van der Waals surface area contributed by atoms with Gasteiger partial charge in [-0.2, -0.15) is 0 Å². The fourth-order valence-corrected chi connectivity index (χ4v) is 1.14. The Labute approximate surface area is 85.1 Å². The summed E-state index contributed by atoms with van der Waals surface area (Å²) in [5, 5.41) is 7.47. The van der Waals surface area contributed by atoms with E-state index in [9.17, 15) is 4.39 Å². The monoisotopic (exact) mass is 208 g/mol. The van der Waals surface area contributed by atoms with Crippen LogP contribution in [0.1, 0.15) is 5.89 Å². The minimum absolute atomic E-state index is 0.151. The molecule has 0 spiro atoms. The highest BCUT2D eigenvalue weighted by Gasteiger charge is 2.11. The van der Waals surface area contributed by atoms with Crippen molar-refractivity contribution >= 4 is 0 Å². The molecular formula is C9H9FN4O. The molecule has 0 saturated carbocycles. The van der Waals surface area contributed by atoms with Crippen molar-refractivity contribution in [2.75, 3.05) is 6.54 Å². The molecule has 2 heterocycles. The summed E-state index contributed by atoms with van der Waals surface area (Å²) < 4.78 is 18.5. The number of aromatic nitrogens is 3. The van der Waals surface area contributed by atoms with Crippen LogP contribution in [0.2, 0.25) is 0 Å². The summed E-state index contributed by atoms with van der Waals surface area (Å²) in [6, 6.07) is 1.48. The largest absolute Gasteiger partial charge is 0.421 e. The second-order valence-electron chi connectivity index (χ2n) is 2.90. The zero-order chi connectivity index (χ0) is 10.7. The van der Waals surface area contributed by atoms with Crippen molar-refractivity contribution in [1.29, 1.82) is 0 Å². The van der Waals surface area contributed by atoms with Crippen molar-refractivity contribution < 1.29 is 8.81 Å². The van der Waals surface area contributed by atoms with Gasteiger partial charge in [-0.3, -0.25) is 4.98 Å². The first kappa shape index (κ1) is 9.72. The Hall–Kier alpha value is -1.82. The molecule has 0 bridgehead atoms. The van der Waals surface area contributed by atoms with E-state index in [1.54, 1.807) is 0 Å². The lowest BCUT2D eigenvalue weighted by Crippen LogP contribution is -2.02. The summed E-state index contributed by atoms with van der Waals surface area (Å²) in [5.41, 5.74) is 5.58. The third-order valence-electron chi connectivity index (χ3n) is 1.83. The Kier molecular flexibility index (Phi) is 2.68. The lowest BCUT2D eigenvalue weighted by molar-refractivity contribution is 0.502. The second kappa shape index (κ2) is 4.14. The fraction of sp³-hybridized carbons (Fsp3) is 0.222. The maximum absolute atomic E-state index is 13.3. The van der Waals surface area contributed by atoms with Crippen molar-refractivity contribution in [2.24, 2.45) is 5.73 Å². The number of rotatable bonds is 3. The molecule has 0 radical (unpaired) electrons. The van der Waals surface area contributed by atoms with Crippen LogP contribution in [-0.2, 0) is 6.42 Å². The van der Waals surface area contributed by atoms with Crippen LogP contribution in [-0.4, -0.2) is 21.7 Å². The minimum atomic E-state index is -0.486. The Bertz CT molecular complexity index is 457. The molecule has 0 aliphatic rings. The number of nitrogens with zero attached hydrogens (tertiary/aromatic N) is 3. The smallest absolute Gasteiger partial charge is 0.250 e. The third kappa shape index (κ3) is 1.99. The van der Waals surface area contributed by atoms with Crippen LogP contribution < -0.4 is 5.73 Å². The predicted molar refractivity (Wildman–Crippen MR) is 50.2 cm³/mol. The predicted octanol–water partition coefficient (Wildman–Crippen LogP) is 0.772. The topological polar surface area (TPSA) is 77.8 Å². The van der Waals surface area contributed by atoms with E-state index in [4.69, 9.17) is 10.2 Å². The van der Waals surface area contributed by atoms with Crippen LogP contribution in [0.25, 0.3) is 11.5 Å². The summed E-state index contributed by atoms with van der Waals surface area (Å²) in [6.45, 7) is 0.417. The first-order chi connectivity index (χ1) is 7.31. The molecule has 5 nitrogen and oxygen atoms in total. The zero-order valence-corrected chi connectivity index (χ0v) is 7.85. The summed E-state index contributed by atoms with van der Waals surface area (Å²) in [7, 11) is 0. The van der Waals surface area contributed by atoms with Gasteiger partial charge in [0.25, 0.3) is 5.89 Å². The molecule has 0 aromatic carbocycles. The summed E-state index contributed by atoms with van der Waals surface area (Å²) in [4.78, 5) is 3.63. The maximum atomic E-state index is 13.3. The normalized spacial score (nSPS) is 10.5. The Balaban J connectivity index is 2.33. The molecule has 15 heavy (non-hydrogen) atoms. The molecule has 6 heteroatoms. The summed E-state index contributed by atoms with van der Waals surface area (Å²) >= 11 is 0. The molecule has 0 aliphatic heterocycles. The molecule has 2 N–H and O–H groups in total. The van der Waals surface area contributed by atoms with E-state index in [1.165, 1.54) is 12.3 Å². The van der Waals surface area contributed by atoms with E-state index in [0.29, 0.717) is 18.9 Å². The molecule has 2 rings (SSSR count). The van der Waals surface area contributed by atoms with Crippen molar-refractivity contribution in [3.8, 4) is 11.5 Å². The van der Waals surface area contributed by atoms with Gasteiger partial charge in [0, 0.05) is 19.2 Å². The molecule has 0 amide bonds. The van der Waals surface area contributed by atoms with Crippen LogP contribution >= 0.6 is 0 Å². The average Bonchev–Trinajstić information content (AvgIpc) is 2.68. The second-order valence-corrected chi connectivity index (χ2v) is 2.90. The number of pyridine rings is 1. The van der Waals surface area contributed by atoms with Crippen molar-refractivity contribution in [1.82, 2.24) is 15.2 Å². The summed E-state index contributed by atoms with van der Waals surface area (Å²) in [6.07, 6.45) is 3.05.